The number of ether oxygens (including phenoxy) is 1. The molecule has 0 aliphatic heterocycles. The van der Waals surface area contributed by atoms with E-state index in [1.807, 2.05) is 48.5 Å². The predicted molar refractivity (Wildman–Crippen MR) is 123 cm³/mol. The van der Waals surface area contributed by atoms with E-state index in [4.69, 9.17) is 4.74 Å². The maximum Gasteiger partial charge on any atom is 0.359 e. The second kappa shape index (κ2) is 9.49. The first-order valence-corrected chi connectivity index (χ1v) is 10.6. The van der Waals surface area contributed by atoms with Crippen molar-refractivity contribution in [1.82, 2.24) is 9.78 Å². The Hall–Kier alpha value is -3.91. The van der Waals surface area contributed by atoms with Crippen LogP contribution in [0.4, 0.5) is 5.69 Å². The van der Waals surface area contributed by atoms with Crippen LogP contribution in [0.15, 0.2) is 93.4 Å². The number of nitrogens with one attached hydrogen (secondary N) is 1. The highest BCUT2D eigenvalue weighted by atomic mass is 32.2. The van der Waals surface area contributed by atoms with Crippen molar-refractivity contribution in [2.75, 3.05) is 11.9 Å². The van der Waals surface area contributed by atoms with Crippen LogP contribution in [0.3, 0.4) is 0 Å². The summed E-state index contributed by atoms with van der Waals surface area (Å²) in [6.45, 7) is -0.484. The number of anilines is 1. The fourth-order valence-electron chi connectivity index (χ4n) is 3.11. The van der Waals surface area contributed by atoms with Crippen LogP contribution >= 0.6 is 11.8 Å². The molecule has 3 aromatic carbocycles. The molecule has 1 heterocycles. The number of aryl methyl sites for hydroxylation is 1. The number of hydrogen-bond donors (Lipinski definition) is 1. The molecule has 160 valence electrons. The van der Waals surface area contributed by atoms with Gasteiger partial charge in [-0.3, -0.25) is 9.59 Å². The number of benzene rings is 3. The van der Waals surface area contributed by atoms with Crippen molar-refractivity contribution in [3.05, 3.63) is 94.9 Å². The summed E-state index contributed by atoms with van der Waals surface area (Å²) >= 11 is 1.52. The number of carbonyl (C=O) groups is 2. The Balaban J connectivity index is 1.46. The second-order valence-electron chi connectivity index (χ2n) is 6.86. The lowest BCUT2D eigenvalue weighted by atomic mass is 10.1. The van der Waals surface area contributed by atoms with Gasteiger partial charge < -0.3 is 10.1 Å². The lowest BCUT2D eigenvalue weighted by molar-refractivity contribution is -0.119. The minimum atomic E-state index is -0.779. The lowest BCUT2D eigenvalue weighted by Crippen LogP contribution is -2.26. The summed E-state index contributed by atoms with van der Waals surface area (Å²) in [5, 5.41) is 7.54. The van der Waals surface area contributed by atoms with Crippen LogP contribution in [0, 0.1) is 0 Å². The maximum atomic E-state index is 12.6. The van der Waals surface area contributed by atoms with Gasteiger partial charge in [0, 0.05) is 22.2 Å². The molecule has 0 aliphatic rings. The molecule has 4 rings (SSSR count). The summed E-state index contributed by atoms with van der Waals surface area (Å²) in [5.41, 5.74) is 0.283. The zero-order valence-electron chi connectivity index (χ0n) is 17.1. The third kappa shape index (κ3) is 4.70. The number of carbonyl (C=O) groups excluding carboxylic acids is 2. The Bertz CT molecular complexity index is 1350. The Morgan fingerprint density at radius 3 is 2.38 bits per heavy atom. The fourth-order valence-corrected chi connectivity index (χ4v) is 4.03. The Labute approximate surface area is 188 Å². The monoisotopic (exact) mass is 445 g/mol. The van der Waals surface area contributed by atoms with Crippen LogP contribution in [0.1, 0.15) is 10.5 Å². The van der Waals surface area contributed by atoms with E-state index in [9.17, 15) is 14.4 Å². The fraction of sp³-hybridized carbons (Fsp3) is 0.0833. The van der Waals surface area contributed by atoms with E-state index in [1.54, 1.807) is 30.3 Å². The molecule has 0 atom stereocenters. The highest BCUT2D eigenvalue weighted by molar-refractivity contribution is 7.99. The van der Waals surface area contributed by atoms with Gasteiger partial charge >= 0.3 is 5.97 Å². The minimum absolute atomic E-state index is 0.0180. The van der Waals surface area contributed by atoms with Gasteiger partial charge in [0.15, 0.2) is 12.3 Å². The van der Waals surface area contributed by atoms with Crippen molar-refractivity contribution in [1.29, 1.82) is 0 Å². The third-order valence-electron chi connectivity index (χ3n) is 4.62. The molecule has 0 radical (unpaired) electrons. The van der Waals surface area contributed by atoms with Gasteiger partial charge in [-0.2, -0.15) is 5.10 Å². The van der Waals surface area contributed by atoms with Gasteiger partial charge in [0.1, 0.15) is 0 Å². The van der Waals surface area contributed by atoms with Crippen molar-refractivity contribution in [3.8, 4) is 0 Å². The van der Waals surface area contributed by atoms with Crippen molar-refractivity contribution in [2.45, 2.75) is 9.79 Å². The Morgan fingerprint density at radius 1 is 0.938 bits per heavy atom. The Kier molecular flexibility index (Phi) is 6.32. The molecule has 1 aromatic heterocycles. The molecule has 0 unspecified atom stereocenters. The minimum Gasteiger partial charge on any atom is -0.451 e. The number of nitrogens with zero attached hydrogens (tertiary/aromatic N) is 2. The van der Waals surface area contributed by atoms with Gasteiger partial charge in [0.2, 0.25) is 0 Å². The first kappa shape index (κ1) is 21.3. The SMILES string of the molecule is Cn1nc(C(=O)OCC(=O)Nc2ccccc2Sc2ccccc2)c2ccccc2c1=O. The van der Waals surface area contributed by atoms with E-state index < -0.39 is 18.5 Å². The van der Waals surface area contributed by atoms with Crippen LogP contribution in [-0.2, 0) is 16.6 Å². The molecule has 0 spiro atoms. The van der Waals surface area contributed by atoms with Crippen LogP contribution in [0.5, 0.6) is 0 Å². The third-order valence-corrected chi connectivity index (χ3v) is 5.70. The summed E-state index contributed by atoms with van der Waals surface area (Å²) in [6.07, 6.45) is 0. The zero-order valence-corrected chi connectivity index (χ0v) is 18.0. The first-order chi connectivity index (χ1) is 15.5. The lowest BCUT2D eigenvalue weighted by Gasteiger charge is -2.11. The molecular formula is C24H19N3O4S. The van der Waals surface area contributed by atoms with Crippen molar-refractivity contribution < 1.29 is 14.3 Å². The highest BCUT2D eigenvalue weighted by Crippen LogP contribution is 2.33. The summed E-state index contributed by atoms with van der Waals surface area (Å²) in [4.78, 5) is 39.2. The average Bonchev–Trinajstić information content (AvgIpc) is 2.82. The van der Waals surface area contributed by atoms with Gasteiger partial charge in [0.05, 0.1) is 11.1 Å². The summed E-state index contributed by atoms with van der Waals surface area (Å²) in [5.74, 6) is -1.26. The van der Waals surface area contributed by atoms with E-state index in [0.717, 1.165) is 14.5 Å². The topological polar surface area (TPSA) is 90.3 Å². The standard InChI is InChI=1S/C24H19N3O4S/c1-27-23(29)18-12-6-5-11-17(18)22(26-27)24(30)31-15-21(28)25-19-13-7-8-14-20(19)32-16-9-3-2-4-10-16/h2-14H,15H2,1H3,(H,25,28). The molecule has 0 aliphatic carbocycles. The van der Waals surface area contributed by atoms with Crippen LogP contribution in [0.2, 0.25) is 0 Å². The number of fused-ring (bicyclic) bond motifs is 1. The Morgan fingerprint density at radius 2 is 1.59 bits per heavy atom. The largest absolute Gasteiger partial charge is 0.451 e. The van der Waals surface area contributed by atoms with Gasteiger partial charge in [-0.1, -0.05) is 60.3 Å². The van der Waals surface area contributed by atoms with Crippen LogP contribution < -0.4 is 10.9 Å². The summed E-state index contributed by atoms with van der Waals surface area (Å²) in [6, 6.07) is 23.8. The zero-order chi connectivity index (χ0) is 22.5. The molecule has 8 heteroatoms. The van der Waals surface area contributed by atoms with Gasteiger partial charge in [-0.15, -0.1) is 0 Å². The maximum absolute atomic E-state index is 12.6. The highest BCUT2D eigenvalue weighted by Gasteiger charge is 2.18. The van der Waals surface area contributed by atoms with Crippen LogP contribution in [-0.4, -0.2) is 28.3 Å². The molecule has 1 N–H and O–H groups in total. The summed E-state index contributed by atoms with van der Waals surface area (Å²) in [7, 11) is 1.46. The molecule has 1 amide bonds. The predicted octanol–water partition coefficient (Wildman–Crippen LogP) is 3.88. The van der Waals surface area contributed by atoms with E-state index in [0.29, 0.717) is 16.5 Å². The van der Waals surface area contributed by atoms with Crippen molar-refractivity contribution >= 4 is 40.1 Å². The number of aromatic nitrogens is 2. The number of rotatable bonds is 6. The normalized spacial score (nSPS) is 10.7. The molecule has 0 fully saturated rings. The number of esters is 1. The molecule has 32 heavy (non-hydrogen) atoms. The average molecular weight is 446 g/mol. The van der Waals surface area contributed by atoms with Crippen LogP contribution in [0.25, 0.3) is 10.8 Å². The molecule has 7 nitrogen and oxygen atoms in total. The first-order valence-electron chi connectivity index (χ1n) is 9.78. The van der Waals surface area contributed by atoms with Crippen molar-refractivity contribution in [2.24, 2.45) is 7.05 Å². The number of hydrogen-bond acceptors (Lipinski definition) is 6. The number of amides is 1. The molecule has 0 saturated heterocycles. The molecule has 0 bridgehead atoms. The van der Waals surface area contributed by atoms with E-state index >= 15 is 0 Å². The van der Waals surface area contributed by atoms with Gasteiger partial charge in [-0.05, 0) is 30.3 Å². The van der Waals surface area contributed by atoms with Gasteiger partial charge in [0.25, 0.3) is 11.5 Å². The summed E-state index contributed by atoms with van der Waals surface area (Å²) < 4.78 is 6.27. The molecule has 4 aromatic rings. The molecule has 0 saturated carbocycles. The van der Waals surface area contributed by atoms with Gasteiger partial charge in [-0.25, -0.2) is 9.48 Å². The number of para-hydroxylation sites is 1. The second-order valence-corrected chi connectivity index (χ2v) is 7.97. The van der Waals surface area contributed by atoms with E-state index in [2.05, 4.69) is 10.4 Å². The quantitative estimate of drug-likeness (QED) is 0.453. The van der Waals surface area contributed by atoms with E-state index in [-0.39, 0.29) is 11.3 Å². The smallest absolute Gasteiger partial charge is 0.359 e. The molecular weight excluding hydrogens is 426 g/mol. The van der Waals surface area contributed by atoms with Crippen molar-refractivity contribution in [3.63, 3.8) is 0 Å². The van der Waals surface area contributed by atoms with E-state index in [1.165, 1.54) is 18.8 Å².